The van der Waals surface area contributed by atoms with Crippen molar-refractivity contribution >= 4 is 34.7 Å². The Balaban J connectivity index is 1.93. The zero-order chi connectivity index (χ0) is 25.8. The lowest BCUT2D eigenvalue weighted by molar-refractivity contribution is -0.204. The van der Waals surface area contributed by atoms with Crippen molar-refractivity contribution in [1.82, 2.24) is 14.5 Å². The van der Waals surface area contributed by atoms with Gasteiger partial charge in [0.1, 0.15) is 16.8 Å². The lowest BCUT2D eigenvalue weighted by atomic mass is 9.92. The van der Waals surface area contributed by atoms with Crippen LogP contribution in [0.1, 0.15) is 11.8 Å². The number of carboxylic acids is 2. The molecule has 0 aliphatic rings. The van der Waals surface area contributed by atoms with Crippen LogP contribution in [0.25, 0.3) is 11.2 Å². The van der Waals surface area contributed by atoms with Crippen molar-refractivity contribution in [2.24, 2.45) is 0 Å². The van der Waals surface area contributed by atoms with E-state index in [1.807, 2.05) is 0 Å². The molecule has 0 amide bonds. The Morgan fingerprint density at radius 2 is 1.86 bits per heavy atom. The second kappa shape index (κ2) is 10.5. The fourth-order valence-corrected chi connectivity index (χ4v) is 3.74. The number of aliphatic hydroxyl groups excluding tert-OH is 1. The van der Waals surface area contributed by atoms with Gasteiger partial charge >= 0.3 is 11.9 Å². The molecule has 35 heavy (non-hydrogen) atoms. The first-order chi connectivity index (χ1) is 16.6. The van der Waals surface area contributed by atoms with Gasteiger partial charge in [0.15, 0.2) is 17.5 Å². The third-order valence-corrected chi connectivity index (χ3v) is 5.87. The van der Waals surface area contributed by atoms with E-state index < -0.39 is 48.5 Å². The van der Waals surface area contributed by atoms with Crippen LogP contribution in [-0.2, 0) is 25.5 Å². The van der Waals surface area contributed by atoms with Gasteiger partial charge in [-0.1, -0.05) is 54.6 Å². The van der Waals surface area contributed by atoms with Crippen molar-refractivity contribution in [3.05, 3.63) is 72.2 Å². The van der Waals surface area contributed by atoms with Crippen LogP contribution >= 0.6 is 11.6 Å². The number of hydrogen-bond donors (Lipinski definition) is 4. The van der Waals surface area contributed by atoms with Crippen molar-refractivity contribution in [1.29, 1.82) is 0 Å². The topological polar surface area (TPSA) is 164 Å². The van der Waals surface area contributed by atoms with Gasteiger partial charge in [0, 0.05) is 13.5 Å². The normalized spacial score (nSPS) is 15.3. The molecule has 0 unspecified atom stereocenters. The maximum atomic E-state index is 12.1. The summed E-state index contributed by atoms with van der Waals surface area (Å²) in [6.45, 7) is 2.82. The SMILES string of the molecule is C=C[C@@](O)([C@@H](COC(Cc1ccccc1)(C(=O)O)C(=O)O)OC)[C@@H](O)n1cnc2ccc(Cl)nc21. The molecule has 2 aromatic heterocycles. The van der Waals surface area contributed by atoms with Crippen molar-refractivity contribution in [3.63, 3.8) is 0 Å². The number of rotatable bonds is 12. The molecule has 3 rings (SSSR count). The van der Waals surface area contributed by atoms with Crippen molar-refractivity contribution in [2.45, 2.75) is 30.0 Å². The molecule has 2 heterocycles. The molecule has 186 valence electrons. The summed E-state index contributed by atoms with van der Waals surface area (Å²) in [6.07, 6.45) is -1.55. The molecule has 0 fully saturated rings. The highest BCUT2D eigenvalue weighted by atomic mass is 35.5. The third-order valence-electron chi connectivity index (χ3n) is 5.66. The number of pyridine rings is 1. The van der Waals surface area contributed by atoms with Crippen LogP contribution < -0.4 is 0 Å². The first-order valence-corrected chi connectivity index (χ1v) is 10.7. The Kier molecular flexibility index (Phi) is 7.88. The molecule has 0 aliphatic heterocycles. The van der Waals surface area contributed by atoms with Gasteiger partial charge in [0.2, 0.25) is 0 Å². The van der Waals surface area contributed by atoms with Crippen LogP contribution in [0.4, 0.5) is 0 Å². The number of ether oxygens (including phenoxy) is 2. The van der Waals surface area contributed by atoms with Crippen LogP contribution in [0, 0.1) is 0 Å². The molecule has 0 aliphatic carbocycles. The quantitative estimate of drug-likeness (QED) is 0.162. The summed E-state index contributed by atoms with van der Waals surface area (Å²) in [6, 6.07) is 11.1. The molecule has 0 radical (unpaired) electrons. The minimum absolute atomic E-state index is 0.119. The van der Waals surface area contributed by atoms with Crippen LogP contribution in [-0.4, -0.2) is 77.9 Å². The molecule has 3 aromatic rings. The summed E-state index contributed by atoms with van der Waals surface area (Å²) in [5.41, 5.74) is -4.05. The highest BCUT2D eigenvalue weighted by Crippen LogP contribution is 2.31. The maximum Gasteiger partial charge on any atom is 0.348 e. The minimum Gasteiger partial charge on any atom is -0.479 e. The van der Waals surface area contributed by atoms with E-state index in [1.54, 1.807) is 36.4 Å². The van der Waals surface area contributed by atoms with E-state index >= 15 is 0 Å². The van der Waals surface area contributed by atoms with E-state index in [1.165, 1.54) is 19.5 Å². The predicted octanol–water partition coefficient (Wildman–Crippen LogP) is 1.68. The summed E-state index contributed by atoms with van der Waals surface area (Å²) in [5, 5.41) is 42.1. The second-order valence-electron chi connectivity index (χ2n) is 7.73. The maximum absolute atomic E-state index is 12.1. The standard InChI is InChI=1S/C23H24ClN3O8/c1-3-22(33,19(28)27-13-25-15-9-10-17(24)26-18(15)27)16(34-2)12-35-23(20(29)30,21(31)32)11-14-7-5-4-6-8-14/h3-10,13,16,19,28,33H,1,11-12H2,2H3,(H,29,30)(H,31,32)/t16-,19-,22-/m1/s1. The molecule has 0 spiro atoms. The molecule has 0 saturated carbocycles. The highest BCUT2D eigenvalue weighted by molar-refractivity contribution is 6.29. The van der Waals surface area contributed by atoms with Gasteiger partial charge in [0.05, 0.1) is 12.9 Å². The number of carboxylic acid groups (broad SMARTS) is 2. The number of nitrogens with zero attached hydrogens (tertiary/aromatic N) is 3. The monoisotopic (exact) mass is 505 g/mol. The van der Waals surface area contributed by atoms with E-state index in [-0.39, 0.29) is 10.8 Å². The third kappa shape index (κ3) is 5.04. The van der Waals surface area contributed by atoms with Gasteiger partial charge in [-0.2, -0.15) is 0 Å². The smallest absolute Gasteiger partial charge is 0.348 e. The number of fused-ring (bicyclic) bond motifs is 1. The molecule has 0 bridgehead atoms. The molecule has 11 nitrogen and oxygen atoms in total. The van der Waals surface area contributed by atoms with Gasteiger partial charge < -0.3 is 29.9 Å². The summed E-state index contributed by atoms with van der Waals surface area (Å²) >= 11 is 5.94. The summed E-state index contributed by atoms with van der Waals surface area (Å²) in [7, 11) is 1.18. The van der Waals surface area contributed by atoms with E-state index in [2.05, 4.69) is 16.5 Å². The first kappa shape index (κ1) is 26.3. The Morgan fingerprint density at radius 3 is 2.43 bits per heavy atom. The Labute approximate surface area is 204 Å². The largest absolute Gasteiger partial charge is 0.479 e. The van der Waals surface area contributed by atoms with Crippen molar-refractivity contribution in [2.75, 3.05) is 13.7 Å². The summed E-state index contributed by atoms with van der Waals surface area (Å²) in [5.74, 6) is -3.49. The molecule has 12 heteroatoms. The average molecular weight is 506 g/mol. The number of aromatic nitrogens is 3. The van der Waals surface area contributed by atoms with Crippen LogP contribution in [0.15, 0.2) is 61.4 Å². The Morgan fingerprint density at radius 1 is 1.20 bits per heavy atom. The number of aliphatic carboxylic acids is 2. The van der Waals surface area contributed by atoms with E-state index in [0.717, 1.165) is 10.6 Å². The number of halogens is 1. The number of carbonyl (C=O) groups is 2. The van der Waals surface area contributed by atoms with Crippen LogP contribution in [0.3, 0.4) is 0 Å². The second-order valence-corrected chi connectivity index (χ2v) is 8.12. The van der Waals surface area contributed by atoms with Gasteiger partial charge in [-0.25, -0.2) is 19.6 Å². The van der Waals surface area contributed by atoms with Gasteiger partial charge in [-0.15, -0.1) is 0 Å². The Hall–Kier alpha value is -3.35. The lowest BCUT2D eigenvalue weighted by Crippen LogP contribution is -2.56. The van der Waals surface area contributed by atoms with Gasteiger partial charge in [-0.05, 0) is 17.7 Å². The molecule has 1 aromatic carbocycles. The highest BCUT2D eigenvalue weighted by Gasteiger charge is 2.51. The van der Waals surface area contributed by atoms with Crippen molar-refractivity contribution < 1.29 is 39.5 Å². The van der Waals surface area contributed by atoms with Crippen LogP contribution in [0.2, 0.25) is 5.15 Å². The first-order valence-electron chi connectivity index (χ1n) is 10.3. The van der Waals surface area contributed by atoms with Gasteiger partial charge in [-0.3, -0.25) is 4.57 Å². The predicted molar refractivity (Wildman–Crippen MR) is 124 cm³/mol. The number of hydrogen-bond acceptors (Lipinski definition) is 8. The van der Waals surface area contributed by atoms with Crippen LogP contribution in [0.5, 0.6) is 0 Å². The molecule has 0 saturated heterocycles. The van der Waals surface area contributed by atoms with Gasteiger partial charge in [0.25, 0.3) is 5.60 Å². The minimum atomic E-state index is -2.69. The number of benzene rings is 1. The van der Waals surface area contributed by atoms with Crippen molar-refractivity contribution in [3.8, 4) is 0 Å². The molecular weight excluding hydrogens is 482 g/mol. The lowest BCUT2D eigenvalue weighted by Gasteiger charge is -2.38. The zero-order valence-corrected chi connectivity index (χ0v) is 19.4. The van der Waals surface area contributed by atoms with E-state index in [4.69, 9.17) is 21.1 Å². The van der Waals surface area contributed by atoms with E-state index in [0.29, 0.717) is 11.1 Å². The zero-order valence-electron chi connectivity index (χ0n) is 18.6. The fourth-order valence-electron chi connectivity index (χ4n) is 3.60. The number of methoxy groups -OCH3 is 1. The average Bonchev–Trinajstić information content (AvgIpc) is 3.25. The summed E-state index contributed by atoms with van der Waals surface area (Å²) < 4.78 is 11.8. The number of aliphatic hydroxyl groups is 2. The Bertz CT molecular complexity index is 1200. The fraction of sp³-hybridized carbons (Fsp3) is 0.304. The molecule has 4 N–H and O–H groups in total. The summed E-state index contributed by atoms with van der Waals surface area (Å²) in [4.78, 5) is 32.4. The molecular formula is C23H24ClN3O8. The number of imidazole rings is 1. The van der Waals surface area contributed by atoms with E-state index in [9.17, 15) is 30.0 Å². The molecule has 3 atom stereocenters.